The highest BCUT2D eigenvalue weighted by Gasteiger charge is 2.47. The van der Waals surface area contributed by atoms with Crippen molar-refractivity contribution in [3.05, 3.63) is 152 Å². The van der Waals surface area contributed by atoms with Crippen LogP contribution in [0, 0.1) is 48.4 Å². The standard InChI is InChI=1S/C70H78N4/c1-15-53-43(5)63-61(49-26-24-48(25-27-49)29-31-70-35-32-69(33-36-70,34-37-70)30-28-47-22-20-19-21-23-47)64-44(6)54(16-2)58(72-64)42-60-56(18-4)46(8)66(74-60)62(65-45(7)55(17-3)59(73-65)41-57(53)71-63)50-38-51(67(9,10)11)40-52(39-50)68(12,13)14/h19-27,38-42,73-74H,15-18,32-37H2,1-14H3. The Kier molecular flexibility index (Phi) is 13.2. The number of hydrogen-bond donors (Lipinski definition) is 2. The molecule has 0 amide bonds. The van der Waals surface area contributed by atoms with E-state index in [9.17, 15) is 0 Å². The van der Waals surface area contributed by atoms with Gasteiger partial charge < -0.3 is 9.97 Å². The highest BCUT2D eigenvalue weighted by atomic mass is 14.8. The minimum atomic E-state index is -0.0407. The van der Waals surface area contributed by atoms with E-state index in [1.807, 2.05) is 0 Å². The van der Waals surface area contributed by atoms with Crippen molar-refractivity contribution in [1.82, 2.24) is 19.9 Å². The summed E-state index contributed by atoms with van der Waals surface area (Å²) >= 11 is 0. The van der Waals surface area contributed by atoms with Gasteiger partial charge in [0, 0.05) is 44.1 Å². The predicted octanol–water partition coefficient (Wildman–Crippen LogP) is 18.4. The molecule has 3 aliphatic carbocycles. The average Bonchev–Trinajstić information content (AvgIpc) is 4.08. The fraction of sp³-hybridized carbons (Fsp3) is 0.400. The van der Waals surface area contributed by atoms with Crippen LogP contribution in [0.5, 0.6) is 0 Å². The number of hydrogen-bond acceptors (Lipinski definition) is 2. The largest absolute Gasteiger partial charge is 0.354 e. The Morgan fingerprint density at radius 2 is 0.905 bits per heavy atom. The Balaban J connectivity index is 1.18. The lowest BCUT2D eigenvalue weighted by molar-refractivity contribution is 0.0718. The maximum atomic E-state index is 5.71. The molecule has 3 fully saturated rings. The number of nitrogens with one attached hydrogen (secondary N) is 2. The van der Waals surface area contributed by atoms with E-state index in [2.05, 4.69) is 216 Å². The van der Waals surface area contributed by atoms with Gasteiger partial charge in [-0.2, -0.15) is 0 Å². The summed E-state index contributed by atoms with van der Waals surface area (Å²) in [6.45, 7) is 32.3. The lowest BCUT2D eigenvalue weighted by Crippen LogP contribution is -2.40. The zero-order valence-electron chi connectivity index (χ0n) is 47.0. The van der Waals surface area contributed by atoms with Crippen molar-refractivity contribution in [1.29, 1.82) is 0 Å². The second-order valence-corrected chi connectivity index (χ2v) is 24.2. The van der Waals surface area contributed by atoms with E-state index in [-0.39, 0.29) is 21.7 Å². The van der Waals surface area contributed by atoms with Crippen LogP contribution in [-0.4, -0.2) is 19.9 Å². The number of rotatable bonds is 6. The molecule has 3 saturated carbocycles. The van der Waals surface area contributed by atoms with Crippen molar-refractivity contribution >= 4 is 44.4 Å². The van der Waals surface area contributed by atoms with Gasteiger partial charge >= 0.3 is 0 Å². The number of aromatic nitrogens is 4. The maximum absolute atomic E-state index is 5.71. The van der Waals surface area contributed by atoms with E-state index in [1.54, 1.807) is 0 Å². The van der Waals surface area contributed by atoms with Gasteiger partial charge in [0.15, 0.2) is 0 Å². The minimum absolute atomic E-state index is 0.0407. The molecule has 2 aliphatic heterocycles. The van der Waals surface area contributed by atoms with Crippen molar-refractivity contribution in [2.24, 2.45) is 10.8 Å². The van der Waals surface area contributed by atoms with Crippen molar-refractivity contribution in [3.8, 4) is 45.9 Å². The summed E-state index contributed by atoms with van der Waals surface area (Å²) in [5, 5.41) is 0. The van der Waals surface area contributed by atoms with E-state index >= 15 is 0 Å². The highest BCUT2D eigenvalue weighted by Crippen LogP contribution is 2.56. The topological polar surface area (TPSA) is 57.4 Å². The third kappa shape index (κ3) is 9.12. The van der Waals surface area contributed by atoms with Crippen LogP contribution < -0.4 is 0 Å². The molecule has 0 spiro atoms. The summed E-state index contributed by atoms with van der Waals surface area (Å²) in [6, 6.07) is 31.5. The third-order valence-corrected chi connectivity index (χ3v) is 17.6. The third-order valence-electron chi connectivity index (χ3n) is 17.6. The zero-order valence-corrected chi connectivity index (χ0v) is 47.0. The molecule has 10 bridgehead atoms. The van der Waals surface area contributed by atoms with E-state index in [4.69, 9.17) is 9.97 Å². The van der Waals surface area contributed by atoms with Crippen LogP contribution in [0.1, 0.15) is 202 Å². The highest BCUT2D eigenvalue weighted by molar-refractivity contribution is 6.03. The summed E-state index contributed by atoms with van der Waals surface area (Å²) in [5.74, 6) is 14.8. The summed E-state index contributed by atoms with van der Waals surface area (Å²) in [7, 11) is 0. The number of aromatic amines is 2. The van der Waals surface area contributed by atoms with Gasteiger partial charge in [-0.3, -0.25) is 0 Å². The van der Waals surface area contributed by atoms with Crippen LogP contribution in [-0.2, 0) is 23.7 Å². The predicted molar refractivity (Wildman–Crippen MR) is 316 cm³/mol. The van der Waals surface area contributed by atoms with Gasteiger partial charge in [0.05, 0.1) is 33.8 Å². The molecule has 4 heteroatoms. The van der Waals surface area contributed by atoms with E-state index in [0.29, 0.717) is 0 Å². The van der Waals surface area contributed by atoms with Crippen LogP contribution in [0.3, 0.4) is 0 Å². The maximum Gasteiger partial charge on any atom is 0.0769 e. The lowest BCUT2D eigenvalue weighted by atomic mass is 9.54. The Morgan fingerprint density at radius 1 is 0.486 bits per heavy atom. The van der Waals surface area contributed by atoms with Gasteiger partial charge in [0.2, 0.25) is 0 Å². The fourth-order valence-electron chi connectivity index (χ4n) is 12.7. The Morgan fingerprint density at radius 3 is 1.30 bits per heavy atom. The molecule has 5 aliphatic rings. The summed E-state index contributed by atoms with van der Waals surface area (Å²) in [4.78, 5) is 19.7. The second kappa shape index (κ2) is 19.3. The van der Waals surface area contributed by atoms with E-state index in [0.717, 1.165) is 131 Å². The Bertz CT molecular complexity index is 3420. The number of benzene rings is 3. The molecule has 2 N–H and O–H groups in total. The molecule has 3 aromatic heterocycles. The van der Waals surface area contributed by atoms with Crippen LogP contribution in [0.15, 0.2) is 84.9 Å². The van der Waals surface area contributed by atoms with Crippen molar-refractivity contribution in [3.63, 3.8) is 0 Å². The minimum Gasteiger partial charge on any atom is -0.354 e. The SMILES string of the molecule is CCC1=C(C)c2nc1cc1[nH]c(c(C)c1CC)c(-c1cc(C(C)(C)C)cc(C(C)(C)C)c1)c1[nH]c(cc3nc(c2-c2ccc(C#CC45CCC(C#Cc6ccccc6)(CC4)CC5)cc2)C(C)=C3CC)c(CC)c1C. The molecule has 3 aromatic carbocycles. The summed E-state index contributed by atoms with van der Waals surface area (Å²) in [6.07, 6.45) is 10.3. The van der Waals surface area contributed by atoms with Gasteiger partial charge in [-0.25, -0.2) is 9.97 Å². The number of aryl methyl sites for hydroxylation is 4. The quantitative estimate of drug-likeness (QED) is 0.163. The molecular formula is C70H78N4. The molecule has 11 rings (SSSR count). The number of nitrogens with zero attached hydrogens (tertiary/aromatic N) is 2. The zero-order chi connectivity index (χ0) is 52.5. The number of fused-ring (bicyclic) bond motifs is 11. The molecule has 378 valence electrons. The molecular weight excluding hydrogens is 897 g/mol. The van der Waals surface area contributed by atoms with Gasteiger partial charge in [0.1, 0.15) is 0 Å². The Labute approximate surface area is 443 Å². The molecule has 0 unspecified atom stereocenters. The smallest absolute Gasteiger partial charge is 0.0769 e. The first-order valence-electron chi connectivity index (χ1n) is 27.9. The number of allylic oxidation sites excluding steroid dienone is 4. The second-order valence-electron chi connectivity index (χ2n) is 24.2. The molecule has 6 aromatic rings. The first-order valence-corrected chi connectivity index (χ1v) is 27.9. The van der Waals surface area contributed by atoms with Gasteiger partial charge in [-0.15, -0.1) is 0 Å². The molecule has 0 atom stereocenters. The monoisotopic (exact) mass is 975 g/mol. The van der Waals surface area contributed by atoms with E-state index < -0.39 is 0 Å². The Hall–Kier alpha value is -6.62. The van der Waals surface area contributed by atoms with Crippen LogP contribution >= 0.6 is 0 Å². The van der Waals surface area contributed by atoms with Gasteiger partial charge in [0.25, 0.3) is 0 Å². The van der Waals surface area contributed by atoms with E-state index in [1.165, 1.54) is 66.8 Å². The molecule has 4 nitrogen and oxygen atoms in total. The summed E-state index contributed by atoms with van der Waals surface area (Å²) in [5.41, 5.74) is 28.4. The fourth-order valence-corrected chi connectivity index (χ4v) is 12.7. The number of H-pyrrole nitrogens is 2. The van der Waals surface area contributed by atoms with Gasteiger partial charge in [-0.05, 0) is 206 Å². The summed E-state index contributed by atoms with van der Waals surface area (Å²) < 4.78 is 0. The molecule has 0 radical (unpaired) electrons. The first kappa shape index (κ1) is 50.9. The van der Waals surface area contributed by atoms with Crippen molar-refractivity contribution in [2.45, 2.75) is 172 Å². The van der Waals surface area contributed by atoms with Crippen LogP contribution in [0.25, 0.3) is 66.6 Å². The average molecular weight is 975 g/mol. The van der Waals surface area contributed by atoms with Crippen molar-refractivity contribution < 1.29 is 0 Å². The molecule has 74 heavy (non-hydrogen) atoms. The molecule has 5 heterocycles. The molecule has 0 saturated heterocycles. The van der Waals surface area contributed by atoms with Gasteiger partial charge in [-0.1, -0.05) is 141 Å². The van der Waals surface area contributed by atoms with Crippen LogP contribution in [0.4, 0.5) is 0 Å². The lowest BCUT2D eigenvalue weighted by Gasteiger charge is -2.48. The van der Waals surface area contributed by atoms with Crippen molar-refractivity contribution in [2.75, 3.05) is 0 Å². The normalized spacial score (nSPS) is 18.6. The first-order chi connectivity index (χ1) is 35.3. The van der Waals surface area contributed by atoms with Crippen LogP contribution in [0.2, 0.25) is 0 Å².